The van der Waals surface area contributed by atoms with Crippen LogP contribution in [0, 0.1) is 5.82 Å². The average Bonchev–Trinajstić information content (AvgIpc) is 2.31. The van der Waals surface area contributed by atoms with E-state index in [0.29, 0.717) is 16.9 Å². The van der Waals surface area contributed by atoms with Gasteiger partial charge in [0.1, 0.15) is 11.6 Å². The molecular weight excluding hydrogens is 209 g/mol. The van der Waals surface area contributed by atoms with Crippen molar-refractivity contribution in [2.45, 2.75) is 0 Å². The van der Waals surface area contributed by atoms with Crippen LogP contribution < -0.4 is 10.5 Å². The van der Waals surface area contributed by atoms with Crippen molar-refractivity contribution in [3.05, 3.63) is 36.4 Å². The van der Waals surface area contributed by atoms with Crippen LogP contribution in [0.3, 0.4) is 0 Å². The van der Waals surface area contributed by atoms with Crippen molar-refractivity contribution in [2.24, 2.45) is 0 Å². The molecule has 4 nitrogen and oxygen atoms in total. The van der Waals surface area contributed by atoms with E-state index in [1.165, 1.54) is 25.6 Å². The maximum absolute atomic E-state index is 13.5. The van der Waals surface area contributed by atoms with Gasteiger partial charge >= 0.3 is 0 Å². The molecule has 5 heteroatoms. The van der Waals surface area contributed by atoms with Gasteiger partial charge in [-0.25, -0.2) is 14.4 Å². The van der Waals surface area contributed by atoms with Crippen molar-refractivity contribution < 1.29 is 9.13 Å². The lowest BCUT2D eigenvalue weighted by molar-refractivity contribution is 0.414. The van der Waals surface area contributed by atoms with Gasteiger partial charge in [0, 0.05) is 23.5 Å². The highest BCUT2D eigenvalue weighted by molar-refractivity contribution is 5.64. The molecule has 82 valence electrons. The molecule has 0 atom stereocenters. The Labute approximate surface area is 91.9 Å². The van der Waals surface area contributed by atoms with Crippen LogP contribution in [0.2, 0.25) is 0 Å². The summed E-state index contributed by atoms with van der Waals surface area (Å²) in [6.45, 7) is 0. The van der Waals surface area contributed by atoms with Gasteiger partial charge in [-0.3, -0.25) is 0 Å². The molecule has 1 aromatic heterocycles. The Morgan fingerprint density at radius 1 is 1.25 bits per heavy atom. The third-order valence-corrected chi connectivity index (χ3v) is 2.16. The Hall–Kier alpha value is -2.17. The van der Waals surface area contributed by atoms with Crippen LogP contribution in [0.1, 0.15) is 0 Å². The van der Waals surface area contributed by atoms with Crippen LogP contribution in [0.15, 0.2) is 30.6 Å². The molecule has 0 fully saturated rings. The molecule has 16 heavy (non-hydrogen) atoms. The van der Waals surface area contributed by atoms with Gasteiger partial charge in [-0.05, 0) is 18.2 Å². The normalized spacial score (nSPS) is 10.1. The summed E-state index contributed by atoms with van der Waals surface area (Å²) in [4.78, 5) is 7.62. The van der Waals surface area contributed by atoms with Gasteiger partial charge < -0.3 is 10.5 Å². The first kappa shape index (κ1) is 10.4. The molecule has 2 rings (SSSR count). The number of methoxy groups -OCH3 is 1. The molecule has 0 saturated heterocycles. The average molecular weight is 219 g/mol. The van der Waals surface area contributed by atoms with Gasteiger partial charge in [-0.15, -0.1) is 0 Å². The van der Waals surface area contributed by atoms with Gasteiger partial charge in [0.15, 0.2) is 0 Å². The fraction of sp³-hybridized carbons (Fsp3) is 0.0909. The molecule has 0 aliphatic carbocycles. The molecule has 0 spiro atoms. The van der Waals surface area contributed by atoms with Gasteiger partial charge in [-0.2, -0.15) is 0 Å². The molecule has 0 aliphatic rings. The SMILES string of the molecule is COc1ccc(F)c(-c2cnc(N)nc2)c1. The number of nitrogens with two attached hydrogens (primary N) is 1. The highest BCUT2D eigenvalue weighted by Gasteiger charge is 2.07. The number of nitrogen functional groups attached to an aromatic ring is 1. The highest BCUT2D eigenvalue weighted by Crippen LogP contribution is 2.25. The third-order valence-electron chi connectivity index (χ3n) is 2.16. The van der Waals surface area contributed by atoms with Crippen molar-refractivity contribution >= 4 is 5.95 Å². The number of rotatable bonds is 2. The molecule has 2 N–H and O–H groups in total. The highest BCUT2D eigenvalue weighted by atomic mass is 19.1. The van der Waals surface area contributed by atoms with E-state index in [1.807, 2.05) is 0 Å². The number of ether oxygens (including phenoxy) is 1. The molecule has 0 saturated carbocycles. The van der Waals surface area contributed by atoms with E-state index in [0.717, 1.165) is 0 Å². The zero-order valence-corrected chi connectivity index (χ0v) is 8.64. The van der Waals surface area contributed by atoms with E-state index in [-0.39, 0.29) is 11.8 Å². The first-order valence-corrected chi connectivity index (χ1v) is 4.62. The van der Waals surface area contributed by atoms with Crippen molar-refractivity contribution in [3.63, 3.8) is 0 Å². The summed E-state index contributed by atoms with van der Waals surface area (Å²) >= 11 is 0. The fourth-order valence-electron chi connectivity index (χ4n) is 1.33. The number of hydrogen-bond donors (Lipinski definition) is 1. The zero-order chi connectivity index (χ0) is 11.5. The van der Waals surface area contributed by atoms with Crippen LogP contribution >= 0.6 is 0 Å². The van der Waals surface area contributed by atoms with E-state index < -0.39 is 0 Å². The monoisotopic (exact) mass is 219 g/mol. The number of nitrogens with zero attached hydrogens (tertiary/aromatic N) is 2. The minimum Gasteiger partial charge on any atom is -0.497 e. The van der Waals surface area contributed by atoms with E-state index in [9.17, 15) is 4.39 Å². The van der Waals surface area contributed by atoms with Gasteiger partial charge in [0.2, 0.25) is 5.95 Å². The predicted octanol–water partition coefficient (Wildman–Crippen LogP) is 1.87. The summed E-state index contributed by atoms with van der Waals surface area (Å²) < 4.78 is 18.6. The second-order valence-corrected chi connectivity index (χ2v) is 3.18. The summed E-state index contributed by atoms with van der Waals surface area (Å²) in [6, 6.07) is 4.48. The number of benzene rings is 1. The van der Waals surface area contributed by atoms with E-state index >= 15 is 0 Å². The molecule has 1 heterocycles. The zero-order valence-electron chi connectivity index (χ0n) is 8.64. The lowest BCUT2D eigenvalue weighted by atomic mass is 10.1. The minimum atomic E-state index is -0.353. The molecule has 0 amide bonds. The van der Waals surface area contributed by atoms with E-state index in [4.69, 9.17) is 10.5 Å². The van der Waals surface area contributed by atoms with Crippen molar-refractivity contribution in [2.75, 3.05) is 12.8 Å². The lowest BCUT2D eigenvalue weighted by Gasteiger charge is -2.05. The third kappa shape index (κ3) is 1.93. The van der Waals surface area contributed by atoms with E-state index in [1.54, 1.807) is 12.1 Å². The molecule has 1 aromatic carbocycles. The molecular formula is C11H10FN3O. The Balaban J connectivity index is 2.50. The van der Waals surface area contributed by atoms with E-state index in [2.05, 4.69) is 9.97 Å². The standard InChI is InChI=1S/C11H10FN3O/c1-16-8-2-3-10(12)9(4-8)7-5-14-11(13)15-6-7/h2-6H,1H3,(H2,13,14,15). The quantitative estimate of drug-likeness (QED) is 0.837. The summed E-state index contributed by atoms with van der Waals surface area (Å²) in [7, 11) is 1.52. The number of anilines is 1. The smallest absolute Gasteiger partial charge is 0.219 e. The molecule has 0 radical (unpaired) electrons. The van der Waals surface area contributed by atoms with Gasteiger partial charge in [-0.1, -0.05) is 0 Å². The minimum absolute atomic E-state index is 0.159. The first-order chi connectivity index (χ1) is 7.70. The van der Waals surface area contributed by atoms with Crippen LogP contribution in [-0.2, 0) is 0 Å². The Kier molecular flexibility index (Phi) is 2.68. The first-order valence-electron chi connectivity index (χ1n) is 4.62. The topological polar surface area (TPSA) is 61.0 Å². The van der Waals surface area contributed by atoms with Crippen LogP contribution in [-0.4, -0.2) is 17.1 Å². The number of halogens is 1. The Morgan fingerprint density at radius 2 is 1.94 bits per heavy atom. The summed E-state index contributed by atoms with van der Waals surface area (Å²) in [5.41, 5.74) is 6.31. The van der Waals surface area contributed by atoms with Crippen molar-refractivity contribution in [3.8, 4) is 16.9 Å². The second kappa shape index (κ2) is 4.14. The van der Waals surface area contributed by atoms with Crippen LogP contribution in [0.4, 0.5) is 10.3 Å². The maximum atomic E-state index is 13.5. The largest absolute Gasteiger partial charge is 0.497 e. The summed E-state index contributed by atoms with van der Waals surface area (Å²) in [5, 5.41) is 0. The van der Waals surface area contributed by atoms with Crippen LogP contribution in [0.5, 0.6) is 5.75 Å². The molecule has 0 bridgehead atoms. The fourth-order valence-corrected chi connectivity index (χ4v) is 1.33. The lowest BCUT2D eigenvalue weighted by Crippen LogP contribution is -1.95. The van der Waals surface area contributed by atoms with Crippen molar-refractivity contribution in [1.29, 1.82) is 0 Å². The van der Waals surface area contributed by atoms with Gasteiger partial charge in [0.05, 0.1) is 7.11 Å². The van der Waals surface area contributed by atoms with Crippen LogP contribution in [0.25, 0.3) is 11.1 Å². The molecule has 0 unspecified atom stereocenters. The molecule has 0 aliphatic heterocycles. The number of hydrogen-bond acceptors (Lipinski definition) is 4. The summed E-state index contributed by atoms with van der Waals surface area (Å²) in [6.07, 6.45) is 2.94. The predicted molar refractivity (Wildman–Crippen MR) is 58.4 cm³/mol. The molecule has 2 aromatic rings. The second-order valence-electron chi connectivity index (χ2n) is 3.18. The van der Waals surface area contributed by atoms with Gasteiger partial charge in [0.25, 0.3) is 0 Å². The van der Waals surface area contributed by atoms with Crippen molar-refractivity contribution in [1.82, 2.24) is 9.97 Å². The Morgan fingerprint density at radius 3 is 2.56 bits per heavy atom. The Bertz CT molecular complexity index is 499. The summed E-state index contributed by atoms with van der Waals surface area (Å²) in [5.74, 6) is 0.384. The number of aromatic nitrogens is 2. The maximum Gasteiger partial charge on any atom is 0.219 e.